The molecule has 0 bridgehead atoms. The summed E-state index contributed by atoms with van der Waals surface area (Å²) in [5.41, 5.74) is -2.97. The number of fused-ring (bicyclic) bond motifs is 2. The van der Waals surface area contributed by atoms with Crippen LogP contribution in [0.4, 0.5) is 8.78 Å². The number of nitrogens with one attached hydrogen (secondary N) is 1. The molecule has 258 valence electrons. The van der Waals surface area contributed by atoms with Crippen molar-refractivity contribution in [2.24, 2.45) is 50.7 Å². The molecule has 1 aliphatic heterocycles. The second kappa shape index (κ2) is 9.77. The van der Waals surface area contributed by atoms with E-state index in [0.29, 0.717) is 25.7 Å². The van der Waals surface area contributed by atoms with Gasteiger partial charge in [0, 0.05) is 42.0 Å². The molecule has 5 saturated carbocycles. The summed E-state index contributed by atoms with van der Waals surface area (Å²) in [4.78, 5) is 20.9. The molecule has 0 aromatic carbocycles. The molecule has 46 heavy (non-hydrogen) atoms. The molecular formula is C37H56F2N2O5. The highest BCUT2D eigenvalue weighted by atomic mass is 19.3. The van der Waals surface area contributed by atoms with Crippen LogP contribution in [0.5, 0.6) is 0 Å². The maximum Gasteiger partial charge on any atom is 0.309 e. The minimum absolute atomic E-state index is 0.0915. The Morgan fingerprint density at radius 1 is 1.09 bits per heavy atom. The van der Waals surface area contributed by atoms with Gasteiger partial charge in [-0.3, -0.25) is 4.79 Å². The molecule has 6 fully saturated rings. The summed E-state index contributed by atoms with van der Waals surface area (Å²) in [5.74, 6) is -4.05. The highest BCUT2D eigenvalue weighted by Crippen LogP contribution is 2.90. The second-order valence-electron chi connectivity index (χ2n) is 18.5. The number of H-pyrrole nitrogens is 1. The van der Waals surface area contributed by atoms with Gasteiger partial charge in [0.05, 0.1) is 35.7 Å². The zero-order valence-corrected chi connectivity index (χ0v) is 29.1. The lowest BCUT2D eigenvalue weighted by molar-refractivity contribution is -0.252. The topological polar surface area (TPSA) is 105 Å². The molecule has 1 aromatic rings. The van der Waals surface area contributed by atoms with Crippen molar-refractivity contribution in [1.82, 2.24) is 9.97 Å². The van der Waals surface area contributed by atoms with E-state index in [0.717, 1.165) is 37.8 Å². The van der Waals surface area contributed by atoms with Crippen LogP contribution in [-0.2, 0) is 20.7 Å². The number of aliphatic hydroxyl groups is 2. The van der Waals surface area contributed by atoms with Gasteiger partial charge in [0.1, 0.15) is 6.10 Å². The van der Waals surface area contributed by atoms with Crippen LogP contribution in [0.15, 0.2) is 12.5 Å². The van der Waals surface area contributed by atoms with Gasteiger partial charge in [-0.05, 0) is 99.7 Å². The summed E-state index contributed by atoms with van der Waals surface area (Å²) in [5, 5.41) is 22.8. The van der Waals surface area contributed by atoms with Crippen molar-refractivity contribution in [2.75, 3.05) is 0 Å². The van der Waals surface area contributed by atoms with E-state index in [1.165, 1.54) is 0 Å². The molecule has 0 radical (unpaired) electrons. The Balaban J connectivity index is 1.24. The first-order chi connectivity index (χ1) is 21.2. The number of carbonyl (C=O) groups excluding carboxylic acids is 1. The van der Waals surface area contributed by atoms with Gasteiger partial charge in [-0.25, -0.2) is 13.8 Å². The lowest BCUT2D eigenvalue weighted by Crippen LogP contribution is -2.64. The molecule has 7 rings (SSSR count). The number of halogens is 2. The summed E-state index contributed by atoms with van der Waals surface area (Å²) in [6.45, 7) is 15.6. The molecule has 12 atom stereocenters. The number of hydrogen-bond acceptors (Lipinski definition) is 6. The van der Waals surface area contributed by atoms with E-state index in [1.807, 2.05) is 6.92 Å². The van der Waals surface area contributed by atoms with Crippen LogP contribution in [-0.4, -0.2) is 61.6 Å². The van der Waals surface area contributed by atoms with Crippen molar-refractivity contribution in [1.29, 1.82) is 0 Å². The maximum atomic E-state index is 15.9. The summed E-state index contributed by atoms with van der Waals surface area (Å²) in [7, 11) is 0. The van der Waals surface area contributed by atoms with E-state index in [9.17, 15) is 15.0 Å². The number of esters is 1. The Morgan fingerprint density at radius 3 is 2.41 bits per heavy atom. The normalized spacial score (nSPS) is 49.3. The number of carbonyl (C=O) groups is 1. The van der Waals surface area contributed by atoms with Gasteiger partial charge >= 0.3 is 5.97 Å². The molecule has 0 unspecified atom stereocenters. The monoisotopic (exact) mass is 646 g/mol. The quantitative estimate of drug-likeness (QED) is 0.292. The van der Waals surface area contributed by atoms with E-state index in [4.69, 9.17) is 9.47 Å². The maximum absolute atomic E-state index is 15.9. The first kappa shape index (κ1) is 32.9. The Kier molecular flexibility index (Phi) is 7.00. The fraction of sp³-hybridized carbons (Fsp3) is 0.892. The van der Waals surface area contributed by atoms with Crippen molar-refractivity contribution in [3.05, 3.63) is 18.2 Å². The Labute approximate surface area is 273 Å². The molecule has 6 aliphatic rings. The number of aliphatic hydroxyl groups excluding tert-OH is 1. The largest absolute Gasteiger partial charge is 0.462 e. The zero-order valence-electron chi connectivity index (χ0n) is 29.1. The fourth-order valence-electron chi connectivity index (χ4n) is 13.2. The van der Waals surface area contributed by atoms with Gasteiger partial charge in [0.25, 0.3) is 5.92 Å². The van der Waals surface area contributed by atoms with Crippen LogP contribution < -0.4 is 0 Å². The molecule has 1 saturated heterocycles. The number of aromatic nitrogens is 2. The van der Waals surface area contributed by atoms with Gasteiger partial charge in [-0.2, -0.15) is 0 Å². The van der Waals surface area contributed by atoms with E-state index in [2.05, 4.69) is 30.7 Å². The van der Waals surface area contributed by atoms with Crippen molar-refractivity contribution in [2.45, 2.75) is 155 Å². The van der Waals surface area contributed by atoms with Gasteiger partial charge in [-0.15, -0.1) is 0 Å². The first-order valence-electron chi connectivity index (χ1n) is 17.8. The van der Waals surface area contributed by atoms with Crippen molar-refractivity contribution in [3.63, 3.8) is 0 Å². The molecule has 5 aliphatic carbocycles. The van der Waals surface area contributed by atoms with Crippen molar-refractivity contribution in [3.8, 4) is 0 Å². The number of alkyl halides is 2. The van der Waals surface area contributed by atoms with Crippen molar-refractivity contribution >= 4 is 5.97 Å². The molecule has 1 aromatic heterocycles. The average molecular weight is 647 g/mol. The third-order valence-electron chi connectivity index (χ3n) is 15.6. The van der Waals surface area contributed by atoms with E-state index < -0.39 is 46.6 Å². The summed E-state index contributed by atoms with van der Waals surface area (Å²) in [6.07, 6.45) is 7.98. The highest BCUT2D eigenvalue weighted by molar-refractivity contribution is 5.72. The van der Waals surface area contributed by atoms with Crippen LogP contribution >= 0.6 is 0 Å². The zero-order chi connectivity index (χ0) is 33.5. The van der Waals surface area contributed by atoms with Crippen LogP contribution in [0.1, 0.15) is 119 Å². The predicted octanol–water partition coefficient (Wildman–Crippen LogP) is 6.86. The molecular weight excluding hydrogens is 590 g/mol. The van der Waals surface area contributed by atoms with Crippen LogP contribution in [0, 0.1) is 50.7 Å². The van der Waals surface area contributed by atoms with Gasteiger partial charge in [0.15, 0.2) is 0 Å². The minimum atomic E-state index is -2.85. The highest BCUT2D eigenvalue weighted by Gasteiger charge is 2.86. The number of imidazole rings is 1. The minimum Gasteiger partial charge on any atom is -0.462 e. The summed E-state index contributed by atoms with van der Waals surface area (Å²) >= 11 is 0. The van der Waals surface area contributed by atoms with Crippen LogP contribution in [0.2, 0.25) is 0 Å². The van der Waals surface area contributed by atoms with Crippen molar-refractivity contribution < 1.29 is 33.3 Å². The Morgan fingerprint density at radius 2 is 1.78 bits per heavy atom. The lowest BCUT2D eigenvalue weighted by Gasteiger charge is -2.65. The van der Waals surface area contributed by atoms with Gasteiger partial charge < -0.3 is 24.7 Å². The third-order valence-corrected chi connectivity index (χ3v) is 15.6. The molecule has 9 heteroatoms. The lowest BCUT2D eigenvalue weighted by atomic mass is 9.41. The molecule has 3 N–H and O–H groups in total. The fourth-order valence-corrected chi connectivity index (χ4v) is 13.2. The molecule has 0 amide bonds. The smallest absolute Gasteiger partial charge is 0.309 e. The SMILES string of the molecule is C[C@@H](Cc1cnc[nH]1)C(=O)O[C@H]1C[C@@H]2[C@]3(CC[C@]4(C)[C@@H]([C@]5(C)CC[C@@H](C(C)(C)O)O5)[C@@H](O)C[C@@]24C)C[C@@]32CCC(F)(F)C(C)(C)[C@H]12. The van der Waals surface area contributed by atoms with E-state index in [-0.39, 0.29) is 52.0 Å². The summed E-state index contributed by atoms with van der Waals surface area (Å²) < 4.78 is 44.9. The summed E-state index contributed by atoms with van der Waals surface area (Å²) in [6, 6.07) is 0. The van der Waals surface area contributed by atoms with Gasteiger partial charge in [0.2, 0.25) is 0 Å². The van der Waals surface area contributed by atoms with Gasteiger partial charge in [-0.1, -0.05) is 34.6 Å². The first-order valence-corrected chi connectivity index (χ1v) is 17.8. The second-order valence-corrected chi connectivity index (χ2v) is 18.5. The third kappa shape index (κ3) is 4.15. The Bertz CT molecular complexity index is 1380. The predicted molar refractivity (Wildman–Crippen MR) is 169 cm³/mol. The van der Waals surface area contributed by atoms with Crippen LogP contribution in [0.3, 0.4) is 0 Å². The number of ether oxygens (including phenoxy) is 2. The van der Waals surface area contributed by atoms with E-state index >= 15 is 8.78 Å². The number of aromatic amines is 1. The molecule has 7 nitrogen and oxygen atoms in total. The Hall–Kier alpha value is -1.58. The number of nitrogens with zero attached hydrogens (tertiary/aromatic N) is 1. The molecule has 2 spiro atoms. The number of hydrogen-bond donors (Lipinski definition) is 3. The number of rotatable bonds is 6. The standard InChI is InChI=1S/C37H56F2N2O5/c1-21(15-22-18-40-20-41-22)29(43)45-24-16-25-33(7)17-23(42)27(34(8)10-9-26(46-34)31(4,5)44)32(33,6)11-12-35(25)19-36(35)13-14-37(38,39)30(2,3)28(24)36/h18,20-21,23-28,42,44H,9-17,19H2,1-8H3,(H,40,41)/t21-,23-,24-,25-,26-,27-,28-,32+,33-,34-,35-,36+/m0/s1. The van der Waals surface area contributed by atoms with E-state index in [1.54, 1.807) is 40.2 Å². The molecule has 2 heterocycles. The van der Waals surface area contributed by atoms with Crippen LogP contribution in [0.25, 0.3) is 0 Å². The average Bonchev–Trinajstić information content (AvgIpc) is 3.25.